The molecule has 208 valence electrons. The van der Waals surface area contributed by atoms with E-state index in [0.717, 1.165) is 39.4 Å². The van der Waals surface area contributed by atoms with Gasteiger partial charge in [-0.3, -0.25) is 4.68 Å². The highest BCUT2D eigenvalue weighted by molar-refractivity contribution is 5.82. The second-order valence-corrected chi connectivity index (χ2v) is 8.12. The van der Waals surface area contributed by atoms with Crippen LogP contribution in [0.3, 0.4) is 0 Å². The minimum Gasteiger partial charge on any atom is -0.497 e. The van der Waals surface area contributed by atoms with Crippen LogP contribution in [-0.2, 0) is 11.3 Å². The molecule has 0 radical (unpaired) electrons. The zero-order chi connectivity index (χ0) is 29.3. The largest absolute Gasteiger partial charge is 0.497 e. The molecular formula is C27H24F4N6O3. The second-order valence-electron chi connectivity index (χ2n) is 8.12. The number of ether oxygens (including phenoxy) is 1. The number of alkyl halides is 3. The summed E-state index contributed by atoms with van der Waals surface area (Å²) in [5, 5.41) is 19.4. The van der Waals surface area contributed by atoms with E-state index in [1.54, 1.807) is 25.5 Å². The lowest BCUT2D eigenvalue weighted by Gasteiger charge is -2.09. The quantitative estimate of drug-likeness (QED) is 0.131. The van der Waals surface area contributed by atoms with E-state index in [2.05, 4.69) is 10.2 Å². The summed E-state index contributed by atoms with van der Waals surface area (Å²) in [5.74, 6) is -2.34. The zero-order valence-electron chi connectivity index (χ0n) is 21.0. The first kappa shape index (κ1) is 29.4. The van der Waals surface area contributed by atoms with Crippen molar-refractivity contribution in [3.63, 3.8) is 0 Å². The molecule has 0 spiro atoms. The van der Waals surface area contributed by atoms with Gasteiger partial charge in [0.2, 0.25) is 5.96 Å². The van der Waals surface area contributed by atoms with E-state index in [1.165, 1.54) is 12.1 Å². The van der Waals surface area contributed by atoms with Crippen LogP contribution in [0.25, 0.3) is 22.5 Å². The molecule has 3 aromatic carbocycles. The summed E-state index contributed by atoms with van der Waals surface area (Å²) in [4.78, 5) is 8.90. The number of benzene rings is 3. The Balaban J connectivity index is 0.000000559. The normalized spacial score (nSPS) is 11.0. The third kappa shape index (κ3) is 8.41. The second kappa shape index (κ2) is 13.0. The minimum atomic E-state index is -5.08. The summed E-state index contributed by atoms with van der Waals surface area (Å²) in [7, 11) is 1.64. The van der Waals surface area contributed by atoms with Crippen molar-refractivity contribution in [2.45, 2.75) is 12.7 Å². The average Bonchev–Trinajstić information content (AvgIpc) is 3.33. The molecule has 0 aliphatic carbocycles. The van der Waals surface area contributed by atoms with E-state index >= 15 is 0 Å². The predicted octanol–water partition coefficient (Wildman–Crippen LogP) is 4.65. The van der Waals surface area contributed by atoms with Crippen molar-refractivity contribution in [3.8, 4) is 28.3 Å². The zero-order valence-corrected chi connectivity index (χ0v) is 21.0. The highest BCUT2D eigenvalue weighted by Gasteiger charge is 2.38. The molecule has 13 heteroatoms. The van der Waals surface area contributed by atoms with Crippen molar-refractivity contribution in [3.05, 3.63) is 95.8 Å². The van der Waals surface area contributed by atoms with Gasteiger partial charge in [0.1, 0.15) is 11.6 Å². The number of methoxy groups -OCH3 is 1. The van der Waals surface area contributed by atoms with Crippen LogP contribution in [0, 0.1) is 5.82 Å². The Morgan fingerprint density at radius 1 is 1.00 bits per heavy atom. The molecule has 0 bridgehead atoms. The standard InChI is InChI=1S/C25H23FN6O.C2HF3O2/c1-33-22-12-4-18(5-13-22)16-32-24(14-23(31-32)19-8-10-21(26)11-9-19)20-6-2-17(3-7-20)15-29-30-25(27)28;3-2(4,5)1(6)7/h2-15H,16H2,1H3,(H4,27,28,30);(H,6,7)/b29-15+;. The Hall–Kier alpha value is -5.20. The van der Waals surface area contributed by atoms with Gasteiger partial charge in [-0.15, -0.1) is 5.10 Å². The molecule has 0 atom stereocenters. The Morgan fingerprint density at radius 3 is 2.10 bits per heavy atom. The molecule has 4 rings (SSSR count). The first-order valence-electron chi connectivity index (χ1n) is 11.5. The molecule has 0 aliphatic rings. The molecule has 1 heterocycles. The van der Waals surface area contributed by atoms with Gasteiger partial charge in [-0.05, 0) is 59.2 Å². The van der Waals surface area contributed by atoms with Crippen molar-refractivity contribution in [2.75, 3.05) is 7.11 Å². The molecule has 0 saturated carbocycles. The van der Waals surface area contributed by atoms with E-state index in [-0.39, 0.29) is 11.8 Å². The fourth-order valence-corrected chi connectivity index (χ4v) is 3.34. The lowest BCUT2D eigenvalue weighted by atomic mass is 10.1. The van der Waals surface area contributed by atoms with Crippen molar-refractivity contribution < 1.29 is 32.2 Å². The number of hydrogen-bond acceptors (Lipinski definition) is 5. The molecular weight excluding hydrogens is 532 g/mol. The van der Waals surface area contributed by atoms with Gasteiger partial charge >= 0.3 is 12.1 Å². The molecule has 0 unspecified atom stereocenters. The third-order valence-corrected chi connectivity index (χ3v) is 5.24. The Kier molecular flexibility index (Phi) is 9.57. The summed E-state index contributed by atoms with van der Waals surface area (Å²) >= 11 is 0. The highest BCUT2D eigenvalue weighted by atomic mass is 19.4. The maximum absolute atomic E-state index is 13.4. The Labute approximate surface area is 226 Å². The van der Waals surface area contributed by atoms with Crippen molar-refractivity contribution in [1.82, 2.24) is 9.78 Å². The van der Waals surface area contributed by atoms with E-state index in [1.807, 2.05) is 59.3 Å². The van der Waals surface area contributed by atoms with Crippen LogP contribution in [0.4, 0.5) is 17.6 Å². The van der Waals surface area contributed by atoms with Crippen molar-refractivity contribution >= 4 is 18.1 Å². The van der Waals surface area contributed by atoms with E-state index in [9.17, 15) is 17.6 Å². The van der Waals surface area contributed by atoms with Gasteiger partial charge in [-0.1, -0.05) is 36.4 Å². The third-order valence-electron chi connectivity index (χ3n) is 5.24. The fourth-order valence-electron chi connectivity index (χ4n) is 3.34. The van der Waals surface area contributed by atoms with Crippen LogP contribution >= 0.6 is 0 Å². The molecule has 0 saturated heterocycles. The van der Waals surface area contributed by atoms with Gasteiger partial charge in [0.25, 0.3) is 0 Å². The van der Waals surface area contributed by atoms with Gasteiger partial charge in [0, 0.05) is 5.56 Å². The number of carboxylic acid groups (broad SMARTS) is 1. The summed E-state index contributed by atoms with van der Waals surface area (Å²) < 4.78 is 52.3. The number of carboxylic acids is 1. The number of aromatic nitrogens is 2. The minimum absolute atomic E-state index is 0.0985. The highest BCUT2D eigenvalue weighted by Crippen LogP contribution is 2.28. The molecule has 9 nitrogen and oxygen atoms in total. The first-order valence-corrected chi connectivity index (χ1v) is 11.5. The molecule has 0 amide bonds. The van der Waals surface area contributed by atoms with Gasteiger partial charge < -0.3 is 21.3 Å². The smallest absolute Gasteiger partial charge is 0.490 e. The predicted molar refractivity (Wildman–Crippen MR) is 142 cm³/mol. The lowest BCUT2D eigenvalue weighted by molar-refractivity contribution is -0.192. The van der Waals surface area contributed by atoms with Crippen LogP contribution in [0.1, 0.15) is 11.1 Å². The van der Waals surface area contributed by atoms with Crippen LogP contribution in [0.15, 0.2) is 89.1 Å². The molecule has 5 N–H and O–H groups in total. The number of halogens is 4. The van der Waals surface area contributed by atoms with E-state index < -0.39 is 12.1 Å². The molecule has 0 aliphatic heterocycles. The van der Waals surface area contributed by atoms with E-state index in [4.69, 9.17) is 31.2 Å². The van der Waals surface area contributed by atoms with Gasteiger partial charge in [0.05, 0.1) is 31.3 Å². The fraction of sp³-hybridized carbons (Fsp3) is 0.111. The van der Waals surface area contributed by atoms with Crippen molar-refractivity contribution in [2.24, 2.45) is 21.7 Å². The summed E-state index contributed by atoms with van der Waals surface area (Å²) in [6.45, 7) is 0.564. The average molecular weight is 557 g/mol. The number of carbonyl (C=O) groups is 1. The summed E-state index contributed by atoms with van der Waals surface area (Å²) in [5.41, 5.74) is 16.0. The summed E-state index contributed by atoms with van der Waals surface area (Å²) in [6, 6.07) is 24.0. The monoisotopic (exact) mass is 556 g/mol. The number of guanidine groups is 1. The van der Waals surface area contributed by atoms with Crippen LogP contribution in [0.5, 0.6) is 5.75 Å². The number of hydrogen-bond donors (Lipinski definition) is 3. The Morgan fingerprint density at radius 2 is 1.57 bits per heavy atom. The maximum atomic E-state index is 13.4. The van der Waals surface area contributed by atoms with Crippen LogP contribution in [-0.4, -0.2) is 46.3 Å². The van der Waals surface area contributed by atoms with Gasteiger partial charge in [-0.2, -0.15) is 23.4 Å². The van der Waals surface area contributed by atoms with Crippen molar-refractivity contribution in [1.29, 1.82) is 0 Å². The van der Waals surface area contributed by atoms with Gasteiger partial charge in [-0.25, -0.2) is 9.18 Å². The molecule has 0 fully saturated rings. The molecule has 1 aromatic heterocycles. The summed E-state index contributed by atoms with van der Waals surface area (Å²) in [6.07, 6.45) is -3.51. The van der Waals surface area contributed by atoms with E-state index in [0.29, 0.717) is 6.54 Å². The van der Waals surface area contributed by atoms with Crippen LogP contribution in [0.2, 0.25) is 0 Å². The lowest BCUT2D eigenvalue weighted by Crippen LogP contribution is -2.21. The Bertz CT molecular complexity index is 1480. The topological polar surface area (TPSA) is 141 Å². The number of aliphatic carboxylic acids is 1. The van der Waals surface area contributed by atoms with Gasteiger partial charge in [0.15, 0.2) is 0 Å². The number of nitrogens with two attached hydrogens (primary N) is 2. The number of nitrogens with zero attached hydrogens (tertiary/aromatic N) is 4. The maximum Gasteiger partial charge on any atom is 0.490 e. The SMILES string of the molecule is COc1ccc(Cn2nc(-c3ccc(F)cc3)cc2-c2ccc(/C=N/N=C(N)N)cc2)cc1.O=C(O)C(F)(F)F. The van der Waals surface area contributed by atoms with Crippen LogP contribution < -0.4 is 16.2 Å². The number of rotatable bonds is 7. The molecule has 4 aromatic rings. The first-order chi connectivity index (χ1) is 19.0. The molecule has 40 heavy (non-hydrogen) atoms.